The minimum absolute atomic E-state index is 0.169. The van der Waals surface area contributed by atoms with Gasteiger partial charge in [0.15, 0.2) is 0 Å². The number of hydrogen-bond acceptors (Lipinski definition) is 6. The predicted molar refractivity (Wildman–Crippen MR) is 160 cm³/mol. The van der Waals surface area contributed by atoms with Crippen LogP contribution in [0, 0.1) is 11.3 Å². The fourth-order valence-electron chi connectivity index (χ4n) is 4.12. The van der Waals surface area contributed by atoms with Crippen LogP contribution >= 0.6 is 0 Å². The Morgan fingerprint density at radius 1 is 0.786 bits per heavy atom. The van der Waals surface area contributed by atoms with Crippen molar-refractivity contribution >= 4 is 17.9 Å². The Hall–Kier alpha value is -4.84. The number of rotatable bonds is 12. The van der Waals surface area contributed by atoms with Crippen molar-refractivity contribution in [3.63, 3.8) is 0 Å². The summed E-state index contributed by atoms with van der Waals surface area (Å²) in [6, 6.07) is 23.6. The molecule has 0 bridgehead atoms. The van der Waals surface area contributed by atoms with Gasteiger partial charge in [-0.2, -0.15) is 5.26 Å². The van der Waals surface area contributed by atoms with E-state index in [-0.39, 0.29) is 25.3 Å². The minimum atomic E-state index is -1.01. The molecular formula is C33H38N4O5. The molecule has 0 aliphatic heterocycles. The first-order valence-electron chi connectivity index (χ1n) is 13.9. The third-order valence-corrected chi connectivity index (χ3v) is 6.15. The highest BCUT2D eigenvalue weighted by Gasteiger charge is 2.29. The summed E-state index contributed by atoms with van der Waals surface area (Å²) in [7, 11) is 0. The highest BCUT2D eigenvalue weighted by Crippen LogP contribution is 2.15. The van der Waals surface area contributed by atoms with E-state index in [9.17, 15) is 14.4 Å². The summed E-state index contributed by atoms with van der Waals surface area (Å²) in [5.74, 6) is -0.206. The predicted octanol–water partition coefficient (Wildman–Crippen LogP) is 4.44. The average molecular weight is 571 g/mol. The number of hydrogen-bond donors (Lipinski definition) is 3. The summed E-state index contributed by atoms with van der Waals surface area (Å²) in [5.41, 5.74) is 2.23. The number of carbonyl (C=O) groups excluding carboxylic acids is 3. The number of amides is 3. The van der Waals surface area contributed by atoms with E-state index < -0.39 is 29.7 Å². The van der Waals surface area contributed by atoms with E-state index in [1.165, 1.54) is 0 Å². The van der Waals surface area contributed by atoms with E-state index in [1.54, 1.807) is 57.2 Å². The molecule has 220 valence electrons. The first-order chi connectivity index (χ1) is 20.1. The lowest BCUT2D eigenvalue weighted by Gasteiger charge is -2.25. The molecule has 3 rings (SSSR count). The van der Waals surface area contributed by atoms with Crippen molar-refractivity contribution in [3.8, 4) is 11.8 Å². The van der Waals surface area contributed by atoms with Gasteiger partial charge in [0.2, 0.25) is 11.8 Å². The van der Waals surface area contributed by atoms with E-state index in [4.69, 9.17) is 14.7 Å². The van der Waals surface area contributed by atoms with Crippen LogP contribution in [0.4, 0.5) is 4.79 Å². The third kappa shape index (κ3) is 10.6. The van der Waals surface area contributed by atoms with Crippen molar-refractivity contribution < 1.29 is 23.9 Å². The summed E-state index contributed by atoms with van der Waals surface area (Å²) >= 11 is 0. The van der Waals surface area contributed by atoms with Crippen molar-refractivity contribution in [2.45, 2.75) is 64.8 Å². The summed E-state index contributed by atoms with van der Waals surface area (Å²) in [6.07, 6.45) is -0.324. The number of carbonyl (C=O) groups is 3. The van der Waals surface area contributed by atoms with Crippen LogP contribution in [0.1, 0.15) is 49.9 Å². The lowest BCUT2D eigenvalue weighted by Crippen LogP contribution is -2.55. The fourth-order valence-corrected chi connectivity index (χ4v) is 4.12. The topological polar surface area (TPSA) is 130 Å². The highest BCUT2D eigenvalue weighted by molar-refractivity contribution is 5.91. The van der Waals surface area contributed by atoms with Crippen LogP contribution in [-0.2, 0) is 33.7 Å². The van der Waals surface area contributed by atoms with E-state index in [1.807, 2.05) is 49.4 Å². The van der Waals surface area contributed by atoms with E-state index in [2.05, 4.69) is 22.0 Å². The van der Waals surface area contributed by atoms with Crippen molar-refractivity contribution in [3.05, 3.63) is 101 Å². The summed E-state index contributed by atoms with van der Waals surface area (Å²) < 4.78 is 10.9. The second kappa shape index (κ2) is 15.2. The van der Waals surface area contributed by atoms with Crippen molar-refractivity contribution in [2.24, 2.45) is 0 Å². The smallest absolute Gasteiger partial charge is 0.408 e. The van der Waals surface area contributed by atoms with E-state index in [0.29, 0.717) is 17.9 Å². The van der Waals surface area contributed by atoms with Gasteiger partial charge in [-0.05, 0) is 68.7 Å². The molecule has 0 heterocycles. The molecule has 9 nitrogen and oxygen atoms in total. The van der Waals surface area contributed by atoms with Gasteiger partial charge >= 0.3 is 6.09 Å². The summed E-state index contributed by atoms with van der Waals surface area (Å²) in [5, 5.41) is 17.4. The van der Waals surface area contributed by atoms with Gasteiger partial charge in [0.25, 0.3) is 0 Å². The molecule has 0 radical (unpaired) electrons. The quantitative estimate of drug-likeness (QED) is 0.295. The van der Waals surface area contributed by atoms with E-state index in [0.717, 1.165) is 16.7 Å². The fraction of sp³-hybridized carbons (Fsp3) is 0.333. The van der Waals surface area contributed by atoms with Gasteiger partial charge in [0, 0.05) is 19.4 Å². The molecule has 0 aliphatic rings. The number of nitriles is 1. The lowest BCUT2D eigenvalue weighted by molar-refractivity contribution is -0.130. The first-order valence-corrected chi connectivity index (χ1v) is 13.9. The molecule has 3 aromatic rings. The second-order valence-corrected chi connectivity index (χ2v) is 10.8. The molecule has 3 N–H and O–H groups in total. The van der Waals surface area contributed by atoms with Gasteiger partial charge in [-0.15, -0.1) is 0 Å². The Morgan fingerprint density at radius 2 is 1.36 bits per heavy atom. The molecule has 2 atom stereocenters. The number of nitrogens with zero attached hydrogens (tertiary/aromatic N) is 1. The molecule has 0 saturated carbocycles. The molecule has 0 fully saturated rings. The van der Waals surface area contributed by atoms with Crippen LogP contribution in [0.2, 0.25) is 0 Å². The van der Waals surface area contributed by atoms with Crippen LogP contribution in [0.15, 0.2) is 78.9 Å². The van der Waals surface area contributed by atoms with Crippen molar-refractivity contribution in [2.75, 3.05) is 6.61 Å². The van der Waals surface area contributed by atoms with Crippen LogP contribution in [0.5, 0.6) is 5.75 Å². The molecular weight excluding hydrogens is 532 g/mol. The highest BCUT2D eigenvalue weighted by atomic mass is 16.6. The average Bonchev–Trinajstić information content (AvgIpc) is 2.96. The SMILES string of the molecule is CCOc1ccc(C[C@@H](NC(=O)OC(C)(C)C)C(=O)N[C@@H](Cc2ccccc2)C(=O)NCc2ccc(C#N)cc2)cc1. The molecule has 0 saturated heterocycles. The molecule has 42 heavy (non-hydrogen) atoms. The Labute approximate surface area is 247 Å². The monoisotopic (exact) mass is 570 g/mol. The number of ether oxygens (including phenoxy) is 2. The maximum Gasteiger partial charge on any atom is 0.408 e. The van der Waals surface area contributed by atoms with Gasteiger partial charge in [-0.3, -0.25) is 9.59 Å². The van der Waals surface area contributed by atoms with Crippen molar-refractivity contribution in [1.82, 2.24) is 16.0 Å². The van der Waals surface area contributed by atoms with Crippen LogP contribution in [-0.4, -0.2) is 42.2 Å². The Kier molecular flexibility index (Phi) is 11.5. The zero-order chi connectivity index (χ0) is 30.5. The van der Waals surface area contributed by atoms with Gasteiger partial charge in [-0.25, -0.2) is 4.79 Å². The maximum atomic E-state index is 13.7. The van der Waals surface area contributed by atoms with Gasteiger partial charge < -0.3 is 25.4 Å². The maximum absolute atomic E-state index is 13.7. The summed E-state index contributed by atoms with van der Waals surface area (Å²) in [6.45, 7) is 7.86. The molecule has 3 aromatic carbocycles. The molecule has 0 aliphatic carbocycles. The first kappa shape index (κ1) is 31.7. The lowest BCUT2D eigenvalue weighted by atomic mass is 10.0. The molecule has 9 heteroatoms. The van der Waals surface area contributed by atoms with Crippen LogP contribution in [0.3, 0.4) is 0 Å². The number of nitrogens with one attached hydrogen (secondary N) is 3. The zero-order valence-corrected chi connectivity index (χ0v) is 24.5. The standard InChI is InChI=1S/C33H38N4O5/c1-5-41-27-17-15-24(16-18-27)20-29(37-32(40)42-33(2,3)4)31(39)36-28(19-23-9-7-6-8-10-23)30(38)35-22-26-13-11-25(21-34)12-14-26/h6-18,28-29H,5,19-20,22H2,1-4H3,(H,35,38)(H,36,39)(H,37,40)/t28-,29+/m0/s1. The molecule has 3 amide bonds. The Morgan fingerprint density at radius 3 is 1.93 bits per heavy atom. The summed E-state index contributed by atoms with van der Waals surface area (Å²) in [4.78, 5) is 39.7. The van der Waals surface area contributed by atoms with Crippen LogP contribution < -0.4 is 20.7 Å². The minimum Gasteiger partial charge on any atom is -0.494 e. The van der Waals surface area contributed by atoms with Crippen molar-refractivity contribution in [1.29, 1.82) is 5.26 Å². The van der Waals surface area contributed by atoms with Gasteiger partial charge in [0.05, 0.1) is 18.2 Å². The molecule has 0 unspecified atom stereocenters. The largest absolute Gasteiger partial charge is 0.494 e. The Bertz CT molecular complexity index is 1360. The third-order valence-electron chi connectivity index (χ3n) is 6.15. The molecule has 0 aromatic heterocycles. The van der Waals surface area contributed by atoms with E-state index >= 15 is 0 Å². The normalized spacial score (nSPS) is 12.3. The zero-order valence-electron chi connectivity index (χ0n) is 24.5. The van der Waals surface area contributed by atoms with Gasteiger partial charge in [-0.1, -0.05) is 54.6 Å². The second-order valence-electron chi connectivity index (χ2n) is 10.8. The number of alkyl carbamates (subject to hydrolysis) is 1. The Balaban J connectivity index is 1.79. The van der Waals surface area contributed by atoms with Gasteiger partial charge in [0.1, 0.15) is 23.4 Å². The number of benzene rings is 3. The molecule has 0 spiro atoms. The van der Waals surface area contributed by atoms with Crippen LogP contribution in [0.25, 0.3) is 0 Å².